The highest BCUT2D eigenvalue weighted by atomic mass is 35.5. The summed E-state index contributed by atoms with van der Waals surface area (Å²) < 4.78 is 5.27. The van der Waals surface area contributed by atoms with Gasteiger partial charge in [0.05, 0.1) is 11.6 Å². The monoisotopic (exact) mass is 229 g/mol. The molecule has 0 saturated carbocycles. The van der Waals surface area contributed by atoms with E-state index < -0.39 is 5.97 Å². The molecule has 0 bridgehead atoms. The molecule has 0 fully saturated rings. The first-order valence-electron chi connectivity index (χ1n) is 4.51. The number of anilines is 1. The average molecular weight is 230 g/mol. The minimum Gasteiger partial charge on any atom is -0.491 e. The summed E-state index contributed by atoms with van der Waals surface area (Å²) in [7, 11) is 0. The molecule has 3 N–H and O–H groups in total. The quantitative estimate of drug-likeness (QED) is 0.778. The Hall–Kier alpha value is -1.42. The van der Waals surface area contributed by atoms with Crippen LogP contribution in [0, 0.1) is 0 Å². The maximum absolute atomic E-state index is 10.9. The van der Waals surface area contributed by atoms with Crippen molar-refractivity contribution in [3.63, 3.8) is 0 Å². The van der Waals surface area contributed by atoms with Gasteiger partial charge in [-0.2, -0.15) is 0 Å². The molecule has 15 heavy (non-hydrogen) atoms. The molecule has 0 aliphatic rings. The number of aromatic carboxylic acids is 1. The molecule has 82 valence electrons. The molecule has 0 spiro atoms. The Labute approximate surface area is 92.6 Å². The van der Waals surface area contributed by atoms with Gasteiger partial charge in [0.1, 0.15) is 5.56 Å². The van der Waals surface area contributed by atoms with Crippen molar-refractivity contribution in [2.45, 2.75) is 13.3 Å². The molecule has 0 unspecified atom stereocenters. The predicted octanol–water partition coefficient (Wildman–Crippen LogP) is 2.41. The van der Waals surface area contributed by atoms with Crippen LogP contribution in [0.2, 0.25) is 5.02 Å². The van der Waals surface area contributed by atoms with Gasteiger partial charge < -0.3 is 15.6 Å². The number of rotatable bonds is 4. The fraction of sp³-hybridized carbons (Fsp3) is 0.300. The zero-order chi connectivity index (χ0) is 11.4. The van der Waals surface area contributed by atoms with E-state index in [4.69, 9.17) is 27.2 Å². The molecule has 0 atom stereocenters. The number of ether oxygens (including phenoxy) is 1. The van der Waals surface area contributed by atoms with Crippen molar-refractivity contribution in [1.29, 1.82) is 0 Å². The van der Waals surface area contributed by atoms with Gasteiger partial charge in [0.15, 0.2) is 5.75 Å². The van der Waals surface area contributed by atoms with Crippen molar-refractivity contribution in [3.8, 4) is 5.75 Å². The van der Waals surface area contributed by atoms with Gasteiger partial charge in [-0.15, -0.1) is 0 Å². The molecular weight excluding hydrogens is 218 g/mol. The lowest BCUT2D eigenvalue weighted by Crippen LogP contribution is -2.05. The van der Waals surface area contributed by atoms with Crippen molar-refractivity contribution in [1.82, 2.24) is 0 Å². The van der Waals surface area contributed by atoms with Crippen LogP contribution >= 0.6 is 11.6 Å². The summed E-state index contributed by atoms with van der Waals surface area (Å²) in [6.45, 7) is 2.34. The Bertz CT molecular complexity index is 379. The average Bonchev–Trinajstić information content (AvgIpc) is 2.15. The highest BCUT2D eigenvalue weighted by molar-refractivity contribution is 6.33. The van der Waals surface area contributed by atoms with Crippen LogP contribution in [-0.4, -0.2) is 17.7 Å². The van der Waals surface area contributed by atoms with Gasteiger partial charge in [-0.25, -0.2) is 4.79 Å². The number of carboxylic acids is 1. The maximum atomic E-state index is 10.9. The first kappa shape index (κ1) is 11.7. The molecule has 0 amide bonds. The van der Waals surface area contributed by atoms with Crippen LogP contribution in [0.1, 0.15) is 23.7 Å². The summed E-state index contributed by atoms with van der Waals surface area (Å²) in [4.78, 5) is 10.9. The van der Waals surface area contributed by atoms with E-state index in [1.54, 1.807) is 0 Å². The van der Waals surface area contributed by atoms with Crippen LogP contribution in [-0.2, 0) is 0 Å². The Morgan fingerprint density at radius 2 is 2.27 bits per heavy atom. The van der Waals surface area contributed by atoms with Crippen molar-refractivity contribution in [2.24, 2.45) is 0 Å². The smallest absolute Gasteiger partial charge is 0.339 e. The molecule has 0 aliphatic heterocycles. The number of hydrogen-bond acceptors (Lipinski definition) is 3. The second-order valence-corrected chi connectivity index (χ2v) is 3.44. The van der Waals surface area contributed by atoms with Crippen LogP contribution in [0.25, 0.3) is 0 Å². The molecule has 0 heterocycles. The highest BCUT2D eigenvalue weighted by Crippen LogP contribution is 2.31. The zero-order valence-electron chi connectivity index (χ0n) is 8.29. The van der Waals surface area contributed by atoms with Crippen LogP contribution in [0.5, 0.6) is 5.75 Å². The predicted molar refractivity (Wildman–Crippen MR) is 58.6 cm³/mol. The first-order chi connectivity index (χ1) is 7.06. The second kappa shape index (κ2) is 4.89. The van der Waals surface area contributed by atoms with Gasteiger partial charge >= 0.3 is 5.97 Å². The maximum Gasteiger partial charge on any atom is 0.339 e. The molecule has 1 aromatic carbocycles. The van der Waals surface area contributed by atoms with Crippen molar-refractivity contribution >= 4 is 23.3 Å². The van der Waals surface area contributed by atoms with E-state index in [-0.39, 0.29) is 16.3 Å². The van der Waals surface area contributed by atoms with Gasteiger partial charge in [0.25, 0.3) is 0 Å². The molecular formula is C10H12ClNO3. The molecule has 5 heteroatoms. The lowest BCUT2D eigenvalue weighted by molar-refractivity contribution is 0.0692. The molecule has 1 rings (SSSR count). The van der Waals surface area contributed by atoms with E-state index in [0.29, 0.717) is 12.3 Å². The largest absolute Gasteiger partial charge is 0.491 e. The summed E-state index contributed by atoms with van der Waals surface area (Å²) >= 11 is 5.85. The van der Waals surface area contributed by atoms with Gasteiger partial charge in [0.2, 0.25) is 0 Å². The van der Waals surface area contributed by atoms with Crippen LogP contribution in [0.4, 0.5) is 5.69 Å². The van der Waals surface area contributed by atoms with Gasteiger partial charge in [0, 0.05) is 5.69 Å². The lowest BCUT2D eigenvalue weighted by atomic mass is 10.2. The summed E-state index contributed by atoms with van der Waals surface area (Å²) in [5.41, 5.74) is 5.79. The highest BCUT2D eigenvalue weighted by Gasteiger charge is 2.15. The molecule has 0 saturated heterocycles. The third-order valence-electron chi connectivity index (χ3n) is 1.75. The Morgan fingerprint density at radius 1 is 1.60 bits per heavy atom. The van der Waals surface area contributed by atoms with E-state index in [1.807, 2.05) is 6.92 Å². The Morgan fingerprint density at radius 3 is 2.80 bits per heavy atom. The molecule has 1 aromatic rings. The minimum absolute atomic E-state index is 0.00606. The summed E-state index contributed by atoms with van der Waals surface area (Å²) in [6, 6.07) is 2.80. The number of benzene rings is 1. The van der Waals surface area contributed by atoms with Crippen LogP contribution < -0.4 is 10.5 Å². The van der Waals surface area contributed by atoms with E-state index in [2.05, 4.69) is 0 Å². The number of halogens is 1. The number of carbonyl (C=O) groups is 1. The first-order valence-corrected chi connectivity index (χ1v) is 4.89. The van der Waals surface area contributed by atoms with Crippen molar-refractivity contribution < 1.29 is 14.6 Å². The number of nitrogens with two attached hydrogens (primary N) is 1. The number of carboxylic acid groups (broad SMARTS) is 1. The zero-order valence-corrected chi connectivity index (χ0v) is 9.04. The van der Waals surface area contributed by atoms with E-state index in [1.165, 1.54) is 12.1 Å². The van der Waals surface area contributed by atoms with Crippen molar-refractivity contribution in [3.05, 3.63) is 22.7 Å². The van der Waals surface area contributed by atoms with Crippen LogP contribution in [0.3, 0.4) is 0 Å². The number of nitrogen functional groups attached to an aromatic ring is 1. The third-order valence-corrected chi connectivity index (χ3v) is 2.03. The van der Waals surface area contributed by atoms with E-state index >= 15 is 0 Å². The molecule has 4 nitrogen and oxygen atoms in total. The number of hydrogen-bond donors (Lipinski definition) is 2. The minimum atomic E-state index is -1.10. The molecule has 0 radical (unpaired) electrons. The van der Waals surface area contributed by atoms with Gasteiger partial charge in [-0.05, 0) is 18.6 Å². The molecule has 0 aromatic heterocycles. The summed E-state index contributed by atoms with van der Waals surface area (Å²) in [6.07, 6.45) is 0.778. The topological polar surface area (TPSA) is 72.5 Å². The lowest BCUT2D eigenvalue weighted by Gasteiger charge is -2.10. The summed E-state index contributed by atoms with van der Waals surface area (Å²) in [5.74, 6) is -0.921. The Kier molecular flexibility index (Phi) is 3.80. The fourth-order valence-electron chi connectivity index (χ4n) is 1.12. The standard InChI is InChI=1S/C10H12ClNO3/c1-2-3-15-9-7(10(13)14)4-6(12)5-8(9)11/h4-5H,2-3,12H2,1H3,(H,13,14). The third kappa shape index (κ3) is 2.76. The van der Waals surface area contributed by atoms with Crippen molar-refractivity contribution in [2.75, 3.05) is 12.3 Å². The second-order valence-electron chi connectivity index (χ2n) is 3.03. The van der Waals surface area contributed by atoms with E-state index in [9.17, 15) is 4.79 Å². The Balaban J connectivity index is 3.15. The van der Waals surface area contributed by atoms with E-state index in [0.717, 1.165) is 6.42 Å². The fourth-order valence-corrected chi connectivity index (χ4v) is 1.41. The summed E-state index contributed by atoms with van der Waals surface area (Å²) in [5, 5.41) is 9.14. The SMILES string of the molecule is CCCOc1c(Cl)cc(N)cc1C(=O)O. The molecule has 0 aliphatic carbocycles. The van der Waals surface area contributed by atoms with Gasteiger partial charge in [-0.3, -0.25) is 0 Å². The van der Waals surface area contributed by atoms with Crippen LogP contribution in [0.15, 0.2) is 12.1 Å². The normalized spacial score (nSPS) is 10.0. The van der Waals surface area contributed by atoms with Gasteiger partial charge in [-0.1, -0.05) is 18.5 Å².